The lowest BCUT2D eigenvalue weighted by Crippen LogP contribution is -2.39. The van der Waals surface area contributed by atoms with E-state index in [0.29, 0.717) is 29.4 Å². The number of tetrazole rings is 1. The zero-order valence-corrected chi connectivity index (χ0v) is 34.0. The quantitative estimate of drug-likeness (QED) is 0.0671. The number of furan rings is 1. The van der Waals surface area contributed by atoms with E-state index in [1.807, 2.05) is 104 Å². The fourth-order valence-electron chi connectivity index (χ4n) is 7.36. The van der Waals surface area contributed by atoms with Crippen molar-refractivity contribution in [1.82, 2.24) is 29.8 Å². The number of esters is 2. The number of carbonyl (C=O) groups is 2. The maximum atomic E-state index is 13.2. The predicted octanol–water partition coefficient (Wildman–Crippen LogP) is 9.88. The van der Waals surface area contributed by atoms with Crippen molar-refractivity contribution in [2.75, 3.05) is 0 Å². The van der Waals surface area contributed by atoms with Crippen molar-refractivity contribution in [2.45, 2.75) is 45.6 Å². The Morgan fingerprint density at radius 3 is 2.00 bits per heavy atom. The molecule has 290 valence electrons. The highest BCUT2D eigenvalue weighted by atomic mass is 79.9. The number of benzene rings is 5. The molecule has 0 saturated heterocycles. The Morgan fingerprint density at radius 2 is 1.41 bits per heavy atom. The number of aryl methyl sites for hydroxylation is 1. The van der Waals surface area contributed by atoms with Crippen LogP contribution >= 0.6 is 27.5 Å². The van der Waals surface area contributed by atoms with E-state index < -0.39 is 23.8 Å². The van der Waals surface area contributed by atoms with Crippen molar-refractivity contribution < 1.29 is 23.5 Å². The predicted molar refractivity (Wildman–Crippen MR) is 223 cm³/mol. The van der Waals surface area contributed by atoms with Crippen LogP contribution < -0.4 is 0 Å². The molecule has 0 spiro atoms. The van der Waals surface area contributed by atoms with Gasteiger partial charge < -0.3 is 18.5 Å². The van der Waals surface area contributed by atoms with Crippen LogP contribution in [0.2, 0.25) is 5.15 Å². The minimum atomic E-state index is -1.10. The Kier molecular flexibility index (Phi) is 10.8. The van der Waals surface area contributed by atoms with E-state index >= 15 is 0 Å². The molecule has 3 heterocycles. The van der Waals surface area contributed by atoms with Crippen molar-refractivity contribution in [3.05, 3.63) is 177 Å². The van der Waals surface area contributed by atoms with Crippen molar-refractivity contribution in [2.24, 2.45) is 0 Å². The van der Waals surface area contributed by atoms with Crippen LogP contribution in [-0.2, 0) is 32.8 Å². The third-order valence-electron chi connectivity index (χ3n) is 9.85. The van der Waals surface area contributed by atoms with Gasteiger partial charge in [0.1, 0.15) is 17.2 Å². The third-order valence-corrected chi connectivity index (χ3v) is 10.9. The average molecular weight is 856 g/mol. The molecule has 8 aromatic rings. The molecule has 1 atom stereocenters. The molecular weight excluding hydrogens is 820 g/mol. The maximum Gasteiger partial charge on any atom is 0.361 e. The fourth-order valence-corrected chi connectivity index (χ4v) is 8.24. The molecule has 5 aromatic carbocycles. The summed E-state index contributed by atoms with van der Waals surface area (Å²) >= 11 is 10.3. The molecule has 58 heavy (non-hydrogen) atoms. The van der Waals surface area contributed by atoms with E-state index in [4.69, 9.17) is 40.9 Å². The molecule has 1 unspecified atom stereocenters. The number of nitrogens with zero attached hydrogens (tertiary/aromatic N) is 6. The first kappa shape index (κ1) is 38.5. The summed E-state index contributed by atoms with van der Waals surface area (Å²) in [5.41, 5.74) is 5.04. The van der Waals surface area contributed by atoms with E-state index in [0.717, 1.165) is 43.2 Å². The van der Waals surface area contributed by atoms with Gasteiger partial charge in [-0.15, -0.1) is 15.0 Å². The minimum Gasteiger partial charge on any atom is -0.455 e. The van der Waals surface area contributed by atoms with Crippen LogP contribution in [0, 0.1) is 0 Å². The highest BCUT2D eigenvalue weighted by molar-refractivity contribution is 9.10. The molecule has 0 aliphatic carbocycles. The molecule has 0 bridgehead atoms. The Morgan fingerprint density at radius 1 is 0.828 bits per heavy atom. The zero-order valence-electron chi connectivity index (χ0n) is 31.7. The van der Waals surface area contributed by atoms with Crippen LogP contribution in [0.1, 0.15) is 59.3 Å². The smallest absolute Gasteiger partial charge is 0.361 e. The van der Waals surface area contributed by atoms with E-state index in [9.17, 15) is 9.59 Å². The Bertz CT molecular complexity index is 2650. The van der Waals surface area contributed by atoms with Gasteiger partial charge in [0.25, 0.3) is 0 Å². The Labute approximate surface area is 347 Å². The molecule has 0 aliphatic heterocycles. The number of halogens is 2. The Hall–Kier alpha value is -6.37. The molecule has 0 aliphatic rings. The third kappa shape index (κ3) is 7.09. The Balaban J connectivity index is 1.18. The highest BCUT2D eigenvalue weighted by Gasteiger charge is 2.41. The van der Waals surface area contributed by atoms with Crippen molar-refractivity contribution in [1.29, 1.82) is 0 Å². The monoisotopic (exact) mass is 854 g/mol. The average Bonchev–Trinajstić information content (AvgIpc) is 3.94. The second-order valence-electron chi connectivity index (χ2n) is 13.5. The summed E-state index contributed by atoms with van der Waals surface area (Å²) in [4.78, 5) is 30.8. The van der Waals surface area contributed by atoms with E-state index in [2.05, 4.69) is 57.3 Å². The van der Waals surface area contributed by atoms with Gasteiger partial charge in [0, 0.05) is 43.3 Å². The van der Waals surface area contributed by atoms with Crippen LogP contribution in [0.4, 0.5) is 0 Å². The second kappa shape index (κ2) is 16.2. The van der Waals surface area contributed by atoms with Gasteiger partial charge in [0.2, 0.25) is 12.1 Å². The van der Waals surface area contributed by atoms with Gasteiger partial charge in [0.05, 0.1) is 4.47 Å². The number of hydrogen-bond donors (Lipinski definition) is 0. The lowest BCUT2D eigenvalue weighted by atomic mass is 9.77. The van der Waals surface area contributed by atoms with E-state index in [1.54, 1.807) is 9.36 Å². The molecule has 11 nitrogen and oxygen atoms in total. The number of ether oxygens (including phenoxy) is 2. The number of hydrogen-bond acceptors (Lipinski definition) is 9. The number of carbonyl (C=O) groups excluding carboxylic acids is 2. The molecule has 13 heteroatoms. The molecule has 8 rings (SSSR count). The van der Waals surface area contributed by atoms with Gasteiger partial charge in [0.15, 0.2) is 16.4 Å². The van der Waals surface area contributed by atoms with E-state index in [1.165, 1.54) is 13.8 Å². The summed E-state index contributed by atoms with van der Waals surface area (Å²) in [6.45, 7) is 4.87. The van der Waals surface area contributed by atoms with Gasteiger partial charge in [-0.25, -0.2) is 9.78 Å². The number of fused-ring (bicyclic) bond motifs is 1. The first-order valence-electron chi connectivity index (χ1n) is 18.6. The summed E-state index contributed by atoms with van der Waals surface area (Å²) in [6.07, 6.45) is -0.597. The zero-order chi connectivity index (χ0) is 40.4. The normalized spacial score (nSPS) is 12.1. The highest BCUT2D eigenvalue weighted by Crippen LogP contribution is 2.43. The van der Waals surface area contributed by atoms with Crippen LogP contribution in [-0.4, -0.2) is 48.0 Å². The van der Waals surface area contributed by atoms with Crippen LogP contribution in [0.15, 0.2) is 142 Å². The summed E-state index contributed by atoms with van der Waals surface area (Å²) in [5, 5.41) is 15.4. The summed E-state index contributed by atoms with van der Waals surface area (Å²) < 4.78 is 19.4. The van der Waals surface area contributed by atoms with Crippen LogP contribution in [0.3, 0.4) is 0 Å². The first-order valence-corrected chi connectivity index (χ1v) is 19.8. The van der Waals surface area contributed by atoms with Gasteiger partial charge in [-0.3, -0.25) is 4.79 Å². The first-order chi connectivity index (χ1) is 28.2. The van der Waals surface area contributed by atoms with Gasteiger partial charge in [-0.05, 0) is 55.5 Å². The summed E-state index contributed by atoms with van der Waals surface area (Å²) in [7, 11) is 0. The van der Waals surface area contributed by atoms with E-state index in [-0.39, 0.29) is 17.4 Å². The topological polar surface area (TPSA) is 127 Å². The summed E-state index contributed by atoms with van der Waals surface area (Å²) in [6, 6.07) is 44.2. The molecule has 0 radical (unpaired) electrons. The molecule has 0 saturated carbocycles. The maximum absolute atomic E-state index is 13.2. The molecule has 3 aromatic heterocycles. The van der Waals surface area contributed by atoms with Gasteiger partial charge in [-0.2, -0.15) is 0 Å². The number of imidazole rings is 1. The van der Waals surface area contributed by atoms with Crippen LogP contribution in [0.25, 0.3) is 33.7 Å². The summed E-state index contributed by atoms with van der Waals surface area (Å²) in [5.74, 6) is 0.267. The standard InChI is InChI=1S/C45H36BrClN6O5/c1-4-38-48-42(47)40(44(55)57-29(3)56-28(2)54)52(38)27-30-24-25-37-36(26-30)39(46)41(58-37)34-22-14-15-23-35(34)43-49-51-53(50-43)45(31-16-8-5-9-17-31,32-18-10-6-11-19-32)33-20-12-7-13-21-33/h5-26,29H,4,27H2,1-3H3. The SMILES string of the molecule is CCc1nc(Cl)c(C(=O)OC(C)OC(C)=O)n1Cc1ccc2oc(-c3ccccc3-c3nnn(C(c4ccccc4)(c4ccccc4)c4ccccc4)n3)c(Br)c2c1. The van der Waals surface area contributed by atoms with Gasteiger partial charge in [-0.1, -0.05) is 140 Å². The van der Waals surface area contributed by atoms with Gasteiger partial charge >= 0.3 is 11.9 Å². The van der Waals surface area contributed by atoms with Crippen molar-refractivity contribution in [3.8, 4) is 22.7 Å². The number of aromatic nitrogens is 6. The molecule has 0 N–H and O–H groups in total. The van der Waals surface area contributed by atoms with Crippen molar-refractivity contribution in [3.63, 3.8) is 0 Å². The fraction of sp³-hybridized carbons (Fsp3) is 0.156. The lowest BCUT2D eigenvalue weighted by molar-refractivity contribution is -0.162. The minimum absolute atomic E-state index is 0.000395. The lowest BCUT2D eigenvalue weighted by Gasteiger charge is -2.34. The molecule has 0 amide bonds. The largest absolute Gasteiger partial charge is 0.455 e. The second-order valence-corrected chi connectivity index (χ2v) is 14.7. The number of rotatable bonds is 12. The van der Waals surface area contributed by atoms with Crippen molar-refractivity contribution >= 4 is 50.4 Å². The molecule has 0 fully saturated rings. The molecular formula is C45H36BrClN6O5. The van der Waals surface area contributed by atoms with Crippen LogP contribution in [0.5, 0.6) is 0 Å².